The maximum Gasteiger partial charge on any atom is 0.125 e. The van der Waals surface area contributed by atoms with Crippen molar-refractivity contribution in [3.8, 4) is 5.75 Å². The van der Waals surface area contributed by atoms with E-state index in [1.54, 1.807) is 0 Å². The molecule has 1 aromatic rings. The molecule has 1 rings (SSSR count). The topological polar surface area (TPSA) is 29.5 Å². The highest BCUT2D eigenvalue weighted by Gasteiger charge is 2.27. The van der Waals surface area contributed by atoms with Crippen LogP contribution in [0.1, 0.15) is 70.7 Å². The first-order chi connectivity index (χ1) is 9.00. The second kappa shape index (κ2) is 5.77. The molecule has 0 aliphatic rings. The van der Waals surface area contributed by atoms with Crippen LogP contribution in [0.15, 0.2) is 6.07 Å². The number of aromatic hydroxyl groups is 1. The second-order valence-electron chi connectivity index (χ2n) is 7.56. The lowest BCUT2D eigenvalue weighted by Crippen LogP contribution is -2.19. The van der Waals surface area contributed by atoms with Gasteiger partial charge in [-0.1, -0.05) is 47.6 Å². The molecule has 0 amide bonds. The van der Waals surface area contributed by atoms with Gasteiger partial charge in [-0.25, -0.2) is 0 Å². The lowest BCUT2D eigenvalue weighted by molar-refractivity contribution is 0.131. The van der Waals surface area contributed by atoms with Gasteiger partial charge in [0.2, 0.25) is 0 Å². The van der Waals surface area contributed by atoms with E-state index in [1.807, 2.05) is 6.92 Å². The maximum atomic E-state index is 10.6. The first kappa shape index (κ1) is 17.0. The van der Waals surface area contributed by atoms with Crippen LogP contribution < -0.4 is 0 Å². The quantitative estimate of drug-likeness (QED) is 0.858. The molecule has 0 bridgehead atoms. The highest BCUT2D eigenvalue weighted by Crippen LogP contribution is 2.40. The first-order valence-corrected chi connectivity index (χ1v) is 7.44. The predicted molar refractivity (Wildman–Crippen MR) is 85.6 cm³/mol. The standard InChI is InChI=1S/C18H30O2/c1-9-20-11-13-12(2)14(17(3,4)5)10-15(16(13)19)18(6,7)8/h10,19H,9,11H2,1-8H3. The van der Waals surface area contributed by atoms with Crippen LogP contribution in [0.4, 0.5) is 0 Å². The Morgan fingerprint density at radius 1 is 1.00 bits per heavy atom. The van der Waals surface area contributed by atoms with Gasteiger partial charge in [0.1, 0.15) is 5.75 Å². The normalized spacial score (nSPS) is 12.8. The van der Waals surface area contributed by atoms with Gasteiger partial charge in [-0.3, -0.25) is 0 Å². The molecular formula is C18H30O2. The van der Waals surface area contributed by atoms with Crippen molar-refractivity contribution < 1.29 is 9.84 Å². The molecule has 0 fully saturated rings. The van der Waals surface area contributed by atoms with E-state index in [2.05, 4.69) is 54.5 Å². The van der Waals surface area contributed by atoms with Crippen LogP contribution in [0.25, 0.3) is 0 Å². The van der Waals surface area contributed by atoms with E-state index in [1.165, 1.54) is 5.56 Å². The number of benzene rings is 1. The Hall–Kier alpha value is -1.02. The van der Waals surface area contributed by atoms with Crippen molar-refractivity contribution in [2.75, 3.05) is 6.61 Å². The summed E-state index contributed by atoms with van der Waals surface area (Å²) < 4.78 is 5.56. The van der Waals surface area contributed by atoms with Crippen LogP contribution in [0.3, 0.4) is 0 Å². The molecular weight excluding hydrogens is 248 g/mol. The van der Waals surface area contributed by atoms with E-state index in [9.17, 15) is 5.11 Å². The number of phenolic OH excluding ortho intramolecular Hbond substituents is 1. The lowest BCUT2D eigenvalue weighted by atomic mass is 9.76. The number of phenols is 1. The number of hydrogen-bond donors (Lipinski definition) is 1. The third kappa shape index (κ3) is 3.54. The zero-order valence-electron chi connectivity index (χ0n) is 14.3. The highest BCUT2D eigenvalue weighted by atomic mass is 16.5. The first-order valence-electron chi connectivity index (χ1n) is 7.44. The summed E-state index contributed by atoms with van der Waals surface area (Å²) in [7, 11) is 0. The van der Waals surface area contributed by atoms with Crippen LogP contribution in [-0.2, 0) is 22.2 Å². The van der Waals surface area contributed by atoms with Crippen molar-refractivity contribution >= 4 is 0 Å². The summed E-state index contributed by atoms with van der Waals surface area (Å²) in [4.78, 5) is 0. The van der Waals surface area contributed by atoms with Crippen molar-refractivity contribution in [3.05, 3.63) is 28.3 Å². The molecule has 0 aliphatic heterocycles. The van der Waals surface area contributed by atoms with Crippen LogP contribution in [0, 0.1) is 6.92 Å². The molecule has 1 N–H and O–H groups in total. The van der Waals surface area contributed by atoms with Crippen molar-refractivity contribution in [2.24, 2.45) is 0 Å². The second-order valence-corrected chi connectivity index (χ2v) is 7.56. The fraction of sp³-hybridized carbons (Fsp3) is 0.667. The molecule has 0 unspecified atom stereocenters. The smallest absolute Gasteiger partial charge is 0.125 e. The summed E-state index contributed by atoms with van der Waals surface area (Å²) in [5.41, 5.74) is 4.34. The molecule has 2 heteroatoms. The van der Waals surface area contributed by atoms with Crippen molar-refractivity contribution in [2.45, 2.75) is 72.8 Å². The van der Waals surface area contributed by atoms with Gasteiger partial charge < -0.3 is 9.84 Å². The van der Waals surface area contributed by atoms with Crippen LogP contribution in [-0.4, -0.2) is 11.7 Å². The molecule has 0 atom stereocenters. The Balaban J connectivity index is 3.57. The highest BCUT2D eigenvalue weighted by molar-refractivity contribution is 5.53. The minimum atomic E-state index is -0.0846. The van der Waals surface area contributed by atoms with E-state index < -0.39 is 0 Å². The van der Waals surface area contributed by atoms with Crippen molar-refractivity contribution in [1.82, 2.24) is 0 Å². The Labute approximate surface area is 124 Å². The number of hydrogen-bond acceptors (Lipinski definition) is 2. The van der Waals surface area contributed by atoms with Crippen molar-refractivity contribution in [1.29, 1.82) is 0 Å². The van der Waals surface area contributed by atoms with E-state index in [4.69, 9.17) is 4.74 Å². The zero-order chi connectivity index (χ0) is 15.7. The molecule has 0 aliphatic carbocycles. The average Bonchev–Trinajstić information content (AvgIpc) is 2.25. The monoisotopic (exact) mass is 278 g/mol. The van der Waals surface area contributed by atoms with E-state index in [0.29, 0.717) is 19.0 Å². The van der Waals surface area contributed by atoms with E-state index in [0.717, 1.165) is 16.7 Å². The minimum absolute atomic E-state index is 0.0543. The fourth-order valence-electron chi connectivity index (χ4n) is 2.56. The van der Waals surface area contributed by atoms with E-state index in [-0.39, 0.29) is 10.8 Å². The third-order valence-electron chi connectivity index (χ3n) is 3.75. The molecule has 0 saturated carbocycles. The summed E-state index contributed by atoms with van der Waals surface area (Å²) in [5.74, 6) is 0.399. The molecule has 0 saturated heterocycles. The van der Waals surface area contributed by atoms with Crippen LogP contribution >= 0.6 is 0 Å². The van der Waals surface area contributed by atoms with Gasteiger partial charge in [0.15, 0.2) is 0 Å². The zero-order valence-corrected chi connectivity index (χ0v) is 14.3. The molecule has 0 aromatic heterocycles. The summed E-state index contributed by atoms with van der Waals surface area (Å²) in [6, 6.07) is 2.17. The predicted octanol–water partition coefficient (Wildman–Crippen LogP) is 4.83. The Bertz CT molecular complexity index is 435. The van der Waals surface area contributed by atoms with Gasteiger partial charge in [-0.2, -0.15) is 0 Å². The molecule has 0 spiro atoms. The van der Waals surface area contributed by atoms with Crippen molar-refractivity contribution in [3.63, 3.8) is 0 Å². The van der Waals surface area contributed by atoms with Gasteiger partial charge in [0, 0.05) is 12.2 Å². The maximum absolute atomic E-state index is 10.6. The fourth-order valence-corrected chi connectivity index (χ4v) is 2.56. The van der Waals surface area contributed by atoms with Gasteiger partial charge in [0.05, 0.1) is 6.61 Å². The summed E-state index contributed by atoms with van der Waals surface area (Å²) >= 11 is 0. The molecule has 0 radical (unpaired) electrons. The summed E-state index contributed by atoms with van der Waals surface area (Å²) in [6.07, 6.45) is 0. The molecule has 20 heavy (non-hydrogen) atoms. The SMILES string of the molecule is CCOCc1c(C)c(C(C)(C)C)cc(C(C)(C)C)c1O. The van der Waals surface area contributed by atoms with E-state index >= 15 is 0 Å². The molecule has 0 heterocycles. The number of rotatable bonds is 3. The summed E-state index contributed by atoms with van der Waals surface area (Å²) in [6.45, 7) is 18.2. The Morgan fingerprint density at radius 2 is 1.50 bits per heavy atom. The van der Waals surface area contributed by atoms with Crippen LogP contribution in [0.5, 0.6) is 5.75 Å². The van der Waals surface area contributed by atoms with Gasteiger partial charge in [-0.15, -0.1) is 0 Å². The van der Waals surface area contributed by atoms with Gasteiger partial charge >= 0.3 is 0 Å². The van der Waals surface area contributed by atoms with Gasteiger partial charge in [0.25, 0.3) is 0 Å². The van der Waals surface area contributed by atoms with Crippen LogP contribution in [0.2, 0.25) is 0 Å². The lowest BCUT2D eigenvalue weighted by Gasteiger charge is -2.30. The summed E-state index contributed by atoms with van der Waals surface area (Å²) in [5, 5.41) is 10.6. The Kier molecular flexibility index (Phi) is 4.91. The average molecular weight is 278 g/mol. The molecule has 1 aromatic carbocycles. The molecule has 114 valence electrons. The molecule has 2 nitrogen and oxygen atoms in total. The Morgan fingerprint density at radius 3 is 1.90 bits per heavy atom. The third-order valence-corrected chi connectivity index (χ3v) is 3.75. The number of ether oxygens (including phenoxy) is 1. The van der Waals surface area contributed by atoms with Gasteiger partial charge in [-0.05, 0) is 41.4 Å². The minimum Gasteiger partial charge on any atom is -0.507 e. The largest absolute Gasteiger partial charge is 0.507 e.